The predicted molar refractivity (Wildman–Crippen MR) is 151 cm³/mol. The van der Waals surface area contributed by atoms with Crippen molar-refractivity contribution in [2.24, 2.45) is 0 Å². The molecule has 0 atom stereocenters. The van der Waals surface area contributed by atoms with Crippen LogP contribution in [0.1, 0.15) is 23.6 Å². The summed E-state index contributed by atoms with van der Waals surface area (Å²) in [6, 6.07) is 20.4. The van der Waals surface area contributed by atoms with Crippen LogP contribution in [0.2, 0.25) is 0 Å². The Bertz CT molecular complexity index is 1630. The molecule has 0 saturated carbocycles. The summed E-state index contributed by atoms with van der Waals surface area (Å²) in [5.74, 6) is -0.0427. The molecule has 1 aliphatic heterocycles. The maximum Gasteiger partial charge on any atom is 0.275 e. The molecule has 0 N–H and O–H groups in total. The lowest BCUT2D eigenvalue weighted by atomic mass is 9.96. The summed E-state index contributed by atoms with van der Waals surface area (Å²) in [6.07, 6.45) is 2.66. The molecular weight excluding hydrogens is 512 g/mol. The van der Waals surface area contributed by atoms with Gasteiger partial charge in [-0.2, -0.15) is 4.98 Å². The molecule has 3 aromatic heterocycles. The van der Waals surface area contributed by atoms with Crippen molar-refractivity contribution in [2.75, 3.05) is 39.8 Å². The van der Waals surface area contributed by atoms with Gasteiger partial charge >= 0.3 is 0 Å². The number of methoxy groups -OCH3 is 1. The third kappa shape index (κ3) is 5.10. The van der Waals surface area contributed by atoms with E-state index in [-0.39, 0.29) is 23.2 Å². The second kappa shape index (κ2) is 11.2. The molecule has 6 rings (SSSR count). The van der Waals surface area contributed by atoms with E-state index >= 15 is 0 Å². The van der Waals surface area contributed by atoms with Crippen molar-refractivity contribution < 1.29 is 13.5 Å². The molecule has 0 unspecified atom stereocenters. The van der Waals surface area contributed by atoms with E-state index in [2.05, 4.69) is 14.8 Å². The van der Waals surface area contributed by atoms with E-state index in [0.717, 1.165) is 55.8 Å². The van der Waals surface area contributed by atoms with Crippen molar-refractivity contribution in [2.45, 2.75) is 19.0 Å². The molecule has 9 heteroatoms. The van der Waals surface area contributed by atoms with Crippen molar-refractivity contribution in [3.63, 3.8) is 0 Å². The van der Waals surface area contributed by atoms with E-state index in [1.54, 1.807) is 13.2 Å². The van der Waals surface area contributed by atoms with Gasteiger partial charge in [0.15, 0.2) is 5.65 Å². The van der Waals surface area contributed by atoms with Crippen molar-refractivity contribution in [1.29, 1.82) is 0 Å². The van der Waals surface area contributed by atoms with E-state index in [1.165, 1.54) is 24.3 Å². The quantitative estimate of drug-likeness (QED) is 0.283. The Morgan fingerprint density at radius 2 is 1.48 bits per heavy atom. The van der Waals surface area contributed by atoms with Gasteiger partial charge in [-0.25, -0.2) is 8.78 Å². The number of benzene rings is 2. The Kier molecular flexibility index (Phi) is 7.32. The largest absolute Gasteiger partial charge is 0.481 e. The Balaban J connectivity index is 1.14. The first-order chi connectivity index (χ1) is 19.5. The van der Waals surface area contributed by atoms with E-state index in [4.69, 9.17) is 4.74 Å². The fourth-order valence-corrected chi connectivity index (χ4v) is 5.74. The SMILES string of the molecule is COc1ccc2c(n1)n1cccc1c(=O)n2CCCN1CCN(C(c2ccc(F)cc2)c2ccc(F)cc2)CC1. The van der Waals surface area contributed by atoms with Crippen molar-refractivity contribution >= 4 is 16.7 Å². The van der Waals surface area contributed by atoms with Crippen molar-refractivity contribution in [3.05, 3.63) is 112 Å². The summed E-state index contributed by atoms with van der Waals surface area (Å²) in [6.45, 7) is 4.81. The van der Waals surface area contributed by atoms with Crippen molar-refractivity contribution in [3.8, 4) is 5.88 Å². The molecule has 40 heavy (non-hydrogen) atoms. The maximum absolute atomic E-state index is 13.6. The molecule has 0 radical (unpaired) electrons. The van der Waals surface area contributed by atoms with Crippen LogP contribution in [0.4, 0.5) is 8.78 Å². The minimum atomic E-state index is -0.274. The number of pyridine rings is 1. The molecule has 5 aromatic rings. The standard InChI is InChI=1S/C31H31F2N5O2/c1-40-28-14-13-26-30(34-28)37-16-2-4-27(37)31(39)38(26)17-3-15-35-18-20-36(21-19-35)29(22-5-9-24(32)10-6-22)23-7-11-25(33)12-8-23/h2,4-14,16,29H,3,15,17-21H2,1H3. The minimum absolute atomic E-state index is 0.0317. The van der Waals surface area contributed by atoms with Crippen LogP contribution in [0.15, 0.2) is 83.8 Å². The van der Waals surface area contributed by atoms with Gasteiger partial charge in [0.05, 0.1) is 18.7 Å². The molecule has 2 aromatic carbocycles. The summed E-state index contributed by atoms with van der Waals surface area (Å²) in [7, 11) is 1.58. The van der Waals surface area contributed by atoms with Gasteiger partial charge < -0.3 is 14.2 Å². The number of rotatable bonds is 8. The lowest BCUT2D eigenvalue weighted by Gasteiger charge is -2.40. The average Bonchev–Trinajstić information content (AvgIpc) is 3.48. The van der Waals surface area contributed by atoms with Crippen LogP contribution in [-0.2, 0) is 6.54 Å². The third-order valence-corrected chi connectivity index (χ3v) is 7.77. The van der Waals surface area contributed by atoms with Gasteiger partial charge in [0, 0.05) is 45.0 Å². The zero-order valence-corrected chi connectivity index (χ0v) is 22.3. The molecule has 1 fully saturated rings. The van der Waals surface area contributed by atoms with Gasteiger partial charge in [0.1, 0.15) is 17.2 Å². The summed E-state index contributed by atoms with van der Waals surface area (Å²) in [5.41, 5.74) is 4.00. The van der Waals surface area contributed by atoms with E-state index in [0.29, 0.717) is 23.6 Å². The van der Waals surface area contributed by atoms with Gasteiger partial charge in [-0.1, -0.05) is 24.3 Å². The summed E-state index contributed by atoms with van der Waals surface area (Å²) >= 11 is 0. The highest BCUT2D eigenvalue weighted by Crippen LogP contribution is 2.30. The fraction of sp³-hybridized carbons (Fsp3) is 0.290. The molecule has 4 heterocycles. The highest BCUT2D eigenvalue weighted by molar-refractivity contribution is 5.75. The molecular formula is C31H31F2N5O2. The van der Waals surface area contributed by atoms with E-state index in [9.17, 15) is 13.6 Å². The first kappa shape index (κ1) is 26.2. The summed E-state index contributed by atoms with van der Waals surface area (Å²) in [4.78, 5) is 22.7. The Hall–Kier alpha value is -4.08. The van der Waals surface area contributed by atoms with E-state index in [1.807, 2.05) is 57.6 Å². The monoisotopic (exact) mass is 543 g/mol. The Labute approximate surface area is 230 Å². The number of hydrogen-bond donors (Lipinski definition) is 0. The molecule has 0 amide bonds. The number of halogens is 2. The van der Waals surface area contributed by atoms with Crippen LogP contribution < -0.4 is 10.3 Å². The molecule has 1 saturated heterocycles. The lowest BCUT2D eigenvalue weighted by molar-refractivity contribution is 0.108. The van der Waals surface area contributed by atoms with Gasteiger partial charge in [-0.15, -0.1) is 0 Å². The topological polar surface area (TPSA) is 55.0 Å². The molecule has 0 bridgehead atoms. The minimum Gasteiger partial charge on any atom is -0.481 e. The average molecular weight is 544 g/mol. The maximum atomic E-state index is 13.6. The number of ether oxygens (including phenoxy) is 1. The molecule has 206 valence electrons. The van der Waals surface area contributed by atoms with Gasteiger partial charge in [-0.3, -0.25) is 14.1 Å². The third-order valence-electron chi connectivity index (χ3n) is 7.77. The smallest absolute Gasteiger partial charge is 0.275 e. The first-order valence-electron chi connectivity index (χ1n) is 13.5. The summed E-state index contributed by atoms with van der Waals surface area (Å²) in [5, 5.41) is 0. The number of piperazine rings is 1. The number of fused-ring (bicyclic) bond motifs is 3. The molecule has 1 aliphatic rings. The highest BCUT2D eigenvalue weighted by atomic mass is 19.1. The van der Waals surface area contributed by atoms with Gasteiger partial charge in [0.2, 0.25) is 5.88 Å². The second-order valence-electron chi connectivity index (χ2n) is 10.2. The molecule has 0 spiro atoms. The number of aryl methyl sites for hydroxylation is 1. The van der Waals surface area contributed by atoms with Crippen LogP contribution in [0.25, 0.3) is 16.7 Å². The normalized spacial score (nSPS) is 14.9. The highest BCUT2D eigenvalue weighted by Gasteiger charge is 2.26. The summed E-state index contributed by atoms with van der Waals surface area (Å²) < 4.78 is 36.2. The molecule has 0 aliphatic carbocycles. The van der Waals surface area contributed by atoms with Gasteiger partial charge in [0.25, 0.3) is 5.56 Å². The number of nitrogens with zero attached hydrogens (tertiary/aromatic N) is 5. The van der Waals surface area contributed by atoms with E-state index < -0.39 is 0 Å². The number of aromatic nitrogens is 3. The van der Waals surface area contributed by atoms with Gasteiger partial charge in [-0.05, 0) is 66.6 Å². The fourth-order valence-electron chi connectivity index (χ4n) is 5.74. The zero-order chi connectivity index (χ0) is 27.6. The van der Waals surface area contributed by atoms with Crippen LogP contribution in [0.3, 0.4) is 0 Å². The Morgan fingerprint density at radius 3 is 2.10 bits per heavy atom. The predicted octanol–water partition coefficient (Wildman–Crippen LogP) is 4.73. The Morgan fingerprint density at radius 1 is 0.825 bits per heavy atom. The first-order valence-corrected chi connectivity index (χ1v) is 13.5. The van der Waals surface area contributed by atoms with Crippen LogP contribution in [0, 0.1) is 11.6 Å². The number of hydrogen-bond acceptors (Lipinski definition) is 5. The van der Waals surface area contributed by atoms with Crippen LogP contribution in [-0.4, -0.2) is 63.6 Å². The lowest BCUT2D eigenvalue weighted by Crippen LogP contribution is -2.48. The van der Waals surface area contributed by atoms with Crippen LogP contribution in [0.5, 0.6) is 5.88 Å². The molecule has 7 nitrogen and oxygen atoms in total. The van der Waals surface area contributed by atoms with Crippen LogP contribution >= 0.6 is 0 Å². The zero-order valence-electron chi connectivity index (χ0n) is 22.3. The second-order valence-corrected chi connectivity index (χ2v) is 10.2. The van der Waals surface area contributed by atoms with Crippen molar-refractivity contribution in [1.82, 2.24) is 23.8 Å².